The zero-order chi connectivity index (χ0) is 21.3. The van der Waals surface area contributed by atoms with E-state index in [1.807, 2.05) is 4.90 Å². The summed E-state index contributed by atoms with van der Waals surface area (Å²) in [6.07, 6.45) is -2.93. The van der Waals surface area contributed by atoms with E-state index in [1.54, 1.807) is 23.1 Å². The van der Waals surface area contributed by atoms with Gasteiger partial charge in [-0.3, -0.25) is 9.59 Å². The second kappa shape index (κ2) is 7.85. The minimum Gasteiger partial charge on any atom is -0.482 e. The molecule has 0 radical (unpaired) electrons. The summed E-state index contributed by atoms with van der Waals surface area (Å²) in [6, 6.07) is 7.25. The first-order valence-corrected chi connectivity index (χ1v) is 9.45. The average molecular weight is 420 g/mol. The number of nitrogens with zero attached hydrogens (tertiary/aromatic N) is 3. The van der Waals surface area contributed by atoms with E-state index in [9.17, 15) is 22.8 Å². The smallest absolute Gasteiger partial charge is 0.417 e. The molecule has 0 unspecified atom stereocenters. The second-order valence-electron chi connectivity index (χ2n) is 7.08. The van der Waals surface area contributed by atoms with Gasteiger partial charge in [-0.1, -0.05) is 0 Å². The van der Waals surface area contributed by atoms with Crippen LogP contribution in [0.15, 0.2) is 36.5 Å². The van der Waals surface area contributed by atoms with Crippen molar-refractivity contribution in [1.82, 2.24) is 9.88 Å². The Morgan fingerprint density at radius 1 is 1.10 bits per heavy atom. The number of anilines is 2. The van der Waals surface area contributed by atoms with Crippen LogP contribution in [-0.4, -0.2) is 54.5 Å². The molecule has 2 aliphatic rings. The molecular weight excluding hydrogens is 401 g/mol. The van der Waals surface area contributed by atoms with E-state index in [4.69, 9.17) is 4.74 Å². The number of carbonyl (C=O) groups excluding carboxylic acids is 2. The normalized spacial score (nSPS) is 17.0. The minimum atomic E-state index is -4.42. The summed E-state index contributed by atoms with van der Waals surface area (Å²) in [6.45, 7) is 1.88. The van der Waals surface area contributed by atoms with Gasteiger partial charge in [0.25, 0.3) is 11.8 Å². The third kappa shape index (κ3) is 4.17. The molecule has 1 N–H and O–H groups in total. The molecule has 2 amide bonds. The zero-order valence-electron chi connectivity index (χ0n) is 15.9. The third-order valence-electron chi connectivity index (χ3n) is 5.04. The number of carbonyl (C=O) groups is 2. The number of hydrogen-bond acceptors (Lipinski definition) is 5. The van der Waals surface area contributed by atoms with Gasteiger partial charge in [0, 0.05) is 37.9 Å². The van der Waals surface area contributed by atoms with Gasteiger partial charge in [0.1, 0.15) is 11.6 Å². The van der Waals surface area contributed by atoms with Gasteiger partial charge in [0.05, 0.1) is 11.3 Å². The van der Waals surface area contributed by atoms with Crippen LogP contribution in [0.25, 0.3) is 0 Å². The average Bonchev–Trinajstić information content (AvgIpc) is 2.98. The summed E-state index contributed by atoms with van der Waals surface area (Å²) >= 11 is 0. The molecule has 1 fully saturated rings. The fourth-order valence-electron chi connectivity index (χ4n) is 3.48. The SMILES string of the molecule is O=C1COc2cc(C(=O)N3CCCN(c4ccc(C(F)(F)F)cn4)CC3)ccc2N1. The largest absolute Gasteiger partial charge is 0.482 e. The Bertz CT molecular complexity index is 963. The van der Waals surface area contributed by atoms with Crippen molar-refractivity contribution in [2.75, 3.05) is 43.0 Å². The quantitative estimate of drug-likeness (QED) is 0.809. The maximum absolute atomic E-state index is 12.9. The lowest BCUT2D eigenvalue weighted by molar-refractivity contribution is -0.137. The zero-order valence-corrected chi connectivity index (χ0v) is 15.9. The maximum Gasteiger partial charge on any atom is 0.417 e. The van der Waals surface area contributed by atoms with E-state index in [0.717, 1.165) is 12.3 Å². The van der Waals surface area contributed by atoms with Crippen LogP contribution in [0.5, 0.6) is 5.75 Å². The van der Waals surface area contributed by atoms with E-state index in [2.05, 4.69) is 10.3 Å². The molecule has 0 bridgehead atoms. The lowest BCUT2D eigenvalue weighted by Gasteiger charge is -2.24. The summed E-state index contributed by atoms with van der Waals surface area (Å²) in [5.74, 6) is 0.493. The number of rotatable bonds is 2. The highest BCUT2D eigenvalue weighted by Crippen LogP contribution is 2.30. The Hall–Kier alpha value is -3.30. The van der Waals surface area contributed by atoms with Gasteiger partial charge in [-0.25, -0.2) is 4.98 Å². The number of fused-ring (bicyclic) bond motifs is 1. The number of amides is 2. The summed E-state index contributed by atoms with van der Waals surface area (Å²) in [7, 11) is 0. The van der Waals surface area contributed by atoms with Crippen LogP contribution in [0.1, 0.15) is 22.3 Å². The van der Waals surface area contributed by atoms with Crippen LogP contribution < -0.4 is 15.0 Å². The Morgan fingerprint density at radius 2 is 1.93 bits per heavy atom. The van der Waals surface area contributed by atoms with Gasteiger partial charge in [-0.05, 0) is 36.8 Å². The molecule has 0 spiro atoms. The van der Waals surface area contributed by atoms with Crippen LogP contribution in [0.3, 0.4) is 0 Å². The number of alkyl halides is 3. The molecule has 7 nitrogen and oxygen atoms in total. The molecule has 158 valence electrons. The number of ether oxygens (including phenoxy) is 1. The van der Waals surface area contributed by atoms with E-state index in [-0.39, 0.29) is 18.4 Å². The molecule has 30 heavy (non-hydrogen) atoms. The Kier molecular flexibility index (Phi) is 5.23. The van der Waals surface area contributed by atoms with E-state index >= 15 is 0 Å². The van der Waals surface area contributed by atoms with Crippen LogP contribution in [0.4, 0.5) is 24.7 Å². The highest BCUT2D eigenvalue weighted by molar-refractivity contribution is 5.99. The molecule has 2 aromatic rings. The van der Waals surface area contributed by atoms with Gasteiger partial charge in [0.2, 0.25) is 0 Å². The number of hydrogen-bond donors (Lipinski definition) is 1. The Balaban J connectivity index is 1.43. The standard InChI is InChI=1S/C20H19F3N4O3/c21-20(22,23)14-3-5-17(24-11-14)26-6-1-7-27(9-8-26)19(29)13-2-4-15-16(10-13)30-12-18(28)25-15/h2-5,10-11H,1,6-9,12H2,(H,25,28). The predicted molar refractivity (Wildman–Crippen MR) is 103 cm³/mol. The van der Waals surface area contributed by atoms with Crippen LogP contribution in [0, 0.1) is 0 Å². The molecular formula is C20H19F3N4O3. The van der Waals surface area contributed by atoms with E-state index in [0.29, 0.717) is 55.4 Å². The number of nitrogens with one attached hydrogen (secondary N) is 1. The summed E-state index contributed by atoms with van der Waals surface area (Å²) in [5.41, 5.74) is 0.188. The number of aromatic nitrogens is 1. The van der Waals surface area contributed by atoms with Crippen LogP contribution in [0.2, 0.25) is 0 Å². The first-order valence-electron chi connectivity index (χ1n) is 9.45. The molecule has 2 aliphatic heterocycles. The Labute approximate surface area is 170 Å². The van der Waals surface area contributed by atoms with Gasteiger partial charge < -0.3 is 19.9 Å². The summed E-state index contributed by atoms with van der Waals surface area (Å²) in [4.78, 5) is 31.8. The first kappa shape index (κ1) is 20.0. The second-order valence-corrected chi connectivity index (χ2v) is 7.08. The Morgan fingerprint density at radius 3 is 2.67 bits per heavy atom. The summed E-state index contributed by atoms with van der Waals surface area (Å²) < 4.78 is 43.5. The molecule has 1 aromatic carbocycles. The molecule has 3 heterocycles. The maximum atomic E-state index is 12.9. The molecule has 0 atom stereocenters. The predicted octanol–water partition coefficient (Wildman–Crippen LogP) is 2.78. The number of benzene rings is 1. The minimum absolute atomic E-state index is 0.0938. The monoisotopic (exact) mass is 420 g/mol. The van der Waals surface area contributed by atoms with Crippen LogP contribution >= 0.6 is 0 Å². The lowest BCUT2D eigenvalue weighted by Crippen LogP contribution is -2.35. The van der Waals surface area contributed by atoms with Gasteiger partial charge >= 0.3 is 6.18 Å². The molecule has 0 aliphatic carbocycles. The number of halogens is 3. The van der Waals surface area contributed by atoms with Crippen molar-refractivity contribution < 1.29 is 27.5 Å². The highest BCUT2D eigenvalue weighted by Gasteiger charge is 2.31. The summed E-state index contributed by atoms with van der Waals surface area (Å²) in [5, 5.41) is 2.68. The van der Waals surface area contributed by atoms with Crippen molar-refractivity contribution in [2.45, 2.75) is 12.6 Å². The fraction of sp³-hybridized carbons (Fsp3) is 0.350. The van der Waals surface area contributed by atoms with Gasteiger partial charge in [0.15, 0.2) is 6.61 Å². The van der Waals surface area contributed by atoms with Crippen molar-refractivity contribution in [1.29, 1.82) is 0 Å². The number of pyridine rings is 1. The van der Waals surface area contributed by atoms with Crippen molar-refractivity contribution in [2.24, 2.45) is 0 Å². The van der Waals surface area contributed by atoms with Crippen molar-refractivity contribution in [3.8, 4) is 5.75 Å². The highest BCUT2D eigenvalue weighted by atomic mass is 19.4. The van der Waals surface area contributed by atoms with Crippen molar-refractivity contribution in [3.63, 3.8) is 0 Å². The topological polar surface area (TPSA) is 74.8 Å². The third-order valence-corrected chi connectivity index (χ3v) is 5.04. The fourth-order valence-corrected chi connectivity index (χ4v) is 3.48. The molecule has 0 saturated carbocycles. The van der Waals surface area contributed by atoms with Crippen molar-refractivity contribution >= 4 is 23.3 Å². The molecule has 1 saturated heterocycles. The van der Waals surface area contributed by atoms with Crippen LogP contribution in [-0.2, 0) is 11.0 Å². The van der Waals surface area contributed by atoms with E-state index < -0.39 is 11.7 Å². The van der Waals surface area contributed by atoms with E-state index in [1.165, 1.54) is 6.07 Å². The van der Waals surface area contributed by atoms with Crippen molar-refractivity contribution in [3.05, 3.63) is 47.7 Å². The first-order chi connectivity index (χ1) is 14.3. The molecule has 10 heteroatoms. The van der Waals surface area contributed by atoms with Gasteiger partial charge in [-0.2, -0.15) is 13.2 Å². The lowest BCUT2D eigenvalue weighted by atomic mass is 10.1. The van der Waals surface area contributed by atoms with Gasteiger partial charge in [-0.15, -0.1) is 0 Å². The molecule has 1 aromatic heterocycles. The molecule has 4 rings (SSSR count).